The minimum absolute atomic E-state index is 0.0324. The molecule has 0 aromatic carbocycles. The second-order valence-corrected chi connectivity index (χ2v) is 25.9. The summed E-state index contributed by atoms with van der Waals surface area (Å²) < 4.78 is 34.3. The molecule has 0 fully saturated rings. The summed E-state index contributed by atoms with van der Waals surface area (Å²) in [6.45, 7) is 4.13. The first-order chi connectivity index (χ1) is 41.0. The van der Waals surface area contributed by atoms with Crippen LogP contribution in [0.5, 0.6) is 0 Å². The first kappa shape index (κ1) is 80.9. The van der Waals surface area contributed by atoms with Gasteiger partial charge in [-0.1, -0.05) is 297 Å². The fourth-order valence-corrected chi connectivity index (χ4v) is 10.5. The largest absolute Gasteiger partial charge is 0.756 e. The Labute approximate surface area is 519 Å². The van der Waals surface area contributed by atoms with E-state index in [2.05, 4.69) is 111 Å². The zero-order valence-corrected chi connectivity index (χ0v) is 56.2. The molecule has 2 atom stereocenters. The van der Waals surface area contributed by atoms with Crippen molar-refractivity contribution in [3.63, 3.8) is 0 Å². The number of phosphoric acid groups is 1. The van der Waals surface area contributed by atoms with E-state index in [1.54, 1.807) is 0 Å². The molecule has 0 amide bonds. The summed E-state index contributed by atoms with van der Waals surface area (Å²) in [4.78, 5) is 38.0. The van der Waals surface area contributed by atoms with Crippen LogP contribution in [-0.4, -0.2) is 70.0 Å². The van der Waals surface area contributed by atoms with Gasteiger partial charge in [0.1, 0.15) is 19.8 Å². The number of ether oxygens (including phenoxy) is 2. The fraction of sp³-hybridized carbons (Fsp3) is 0.757. The Balaban J connectivity index is 3.94. The van der Waals surface area contributed by atoms with E-state index >= 15 is 0 Å². The fourth-order valence-electron chi connectivity index (χ4n) is 9.75. The van der Waals surface area contributed by atoms with Crippen LogP contribution in [0.4, 0.5) is 0 Å². The average Bonchev–Trinajstić information content (AvgIpc) is 3.61. The van der Waals surface area contributed by atoms with Crippen molar-refractivity contribution in [2.45, 2.75) is 315 Å². The molecular weight excluding hydrogens is 1060 g/mol. The van der Waals surface area contributed by atoms with Crippen LogP contribution in [0.25, 0.3) is 0 Å². The predicted molar refractivity (Wildman–Crippen MR) is 360 cm³/mol. The van der Waals surface area contributed by atoms with Gasteiger partial charge in [-0.05, 0) is 96.3 Å². The van der Waals surface area contributed by atoms with E-state index in [1.807, 2.05) is 21.1 Å². The molecule has 10 heteroatoms. The van der Waals surface area contributed by atoms with Crippen LogP contribution >= 0.6 is 7.82 Å². The molecule has 2 unspecified atom stereocenters. The first-order valence-corrected chi connectivity index (χ1v) is 36.4. The van der Waals surface area contributed by atoms with E-state index in [1.165, 1.54) is 186 Å². The van der Waals surface area contributed by atoms with Crippen LogP contribution in [0.2, 0.25) is 0 Å². The number of carbonyl (C=O) groups excluding carboxylic acids is 2. The van der Waals surface area contributed by atoms with Gasteiger partial charge in [0.25, 0.3) is 7.82 Å². The van der Waals surface area contributed by atoms with Gasteiger partial charge in [-0.2, -0.15) is 0 Å². The lowest BCUT2D eigenvalue weighted by molar-refractivity contribution is -0.870. The summed E-state index contributed by atoms with van der Waals surface area (Å²) in [5, 5.41) is 0. The van der Waals surface area contributed by atoms with Crippen LogP contribution in [0, 0.1) is 0 Å². The molecule has 0 heterocycles. The lowest BCUT2D eigenvalue weighted by Gasteiger charge is -2.28. The van der Waals surface area contributed by atoms with Crippen molar-refractivity contribution in [3.05, 3.63) is 97.2 Å². The van der Waals surface area contributed by atoms with E-state index in [0.717, 1.165) is 89.9 Å². The molecule has 0 aromatic heterocycles. The number of rotatable bonds is 64. The van der Waals surface area contributed by atoms with E-state index < -0.39 is 26.5 Å². The maximum absolute atomic E-state index is 12.9. The minimum Gasteiger partial charge on any atom is -0.756 e. The molecule has 0 spiro atoms. The second-order valence-electron chi connectivity index (χ2n) is 24.5. The number of esters is 2. The van der Waals surface area contributed by atoms with Crippen LogP contribution in [0.1, 0.15) is 309 Å². The van der Waals surface area contributed by atoms with E-state index in [0.29, 0.717) is 17.4 Å². The quantitative estimate of drug-likeness (QED) is 0.0195. The molecule has 0 aliphatic carbocycles. The molecule has 0 N–H and O–H groups in total. The molecule has 0 aliphatic rings. The third kappa shape index (κ3) is 68.0. The van der Waals surface area contributed by atoms with Crippen LogP contribution in [-0.2, 0) is 32.7 Å². The average molecular weight is 1190 g/mol. The van der Waals surface area contributed by atoms with Gasteiger partial charge in [-0.15, -0.1) is 0 Å². The topological polar surface area (TPSA) is 111 Å². The van der Waals surface area contributed by atoms with Crippen LogP contribution in [0.15, 0.2) is 97.2 Å². The molecule has 0 saturated heterocycles. The number of hydrogen-bond donors (Lipinski definition) is 0. The molecular formula is C74H132NO8P. The number of allylic oxidation sites excluding steroid dienone is 16. The smallest absolute Gasteiger partial charge is 0.306 e. The molecule has 84 heavy (non-hydrogen) atoms. The Morgan fingerprint density at radius 2 is 0.679 bits per heavy atom. The maximum Gasteiger partial charge on any atom is 0.306 e. The van der Waals surface area contributed by atoms with Gasteiger partial charge < -0.3 is 27.9 Å². The number of hydrogen-bond acceptors (Lipinski definition) is 8. The van der Waals surface area contributed by atoms with Gasteiger partial charge >= 0.3 is 11.9 Å². The number of phosphoric ester groups is 1. The maximum atomic E-state index is 12.9. The molecule has 0 aliphatic heterocycles. The van der Waals surface area contributed by atoms with Crippen molar-refractivity contribution in [3.8, 4) is 0 Å². The molecule has 0 bridgehead atoms. The molecule has 0 radical (unpaired) electrons. The monoisotopic (exact) mass is 1190 g/mol. The van der Waals surface area contributed by atoms with Gasteiger partial charge in [-0.25, -0.2) is 0 Å². The van der Waals surface area contributed by atoms with Crippen molar-refractivity contribution >= 4 is 19.8 Å². The van der Waals surface area contributed by atoms with Crippen molar-refractivity contribution in [1.82, 2.24) is 0 Å². The summed E-state index contributed by atoms with van der Waals surface area (Å²) in [6.07, 6.45) is 89.2. The zero-order chi connectivity index (χ0) is 61.2. The number of unbranched alkanes of at least 4 members (excludes halogenated alkanes) is 34. The Morgan fingerprint density at radius 1 is 0.381 bits per heavy atom. The Morgan fingerprint density at radius 3 is 1.01 bits per heavy atom. The molecule has 486 valence electrons. The minimum atomic E-state index is -4.64. The van der Waals surface area contributed by atoms with Crippen molar-refractivity contribution in [2.24, 2.45) is 0 Å². The molecule has 9 nitrogen and oxygen atoms in total. The number of carbonyl (C=O) groups is 2. The number of quaternary nitrogens is 1. The van der Waals surface area contributed by atoms with Gasteiger partial charge in [-0.3, -0.25) is 14.2 Å². The van der Waals surface area contributed by atoms with Gasteiger partial charge in [0, 0.05) is 12.8 Å². The summed E-state index contributed by atoms with van der Waals surface area (Å²) in [5.74, 6) is -0.828. The second kappa shape index (κ2) is 64.4. The van der Waals surface area contributed by atoms with Gasteiger partial charge in [0.05, 0.1) is 27.7 Å². The predicted octanol–water partition coefficient (Wildman–Crippen LogP) is 22.1. The van der Waals surface area contributed by atoms with E-state index in [9.17, 15) is 19.0 Å². The summed E-state index contributed by atoms with van der Waals surface area (Å²) >= 11 is 0. The zero-order valence-electron chi connectivity index (χ0n) is 55.3. The van der Waals surface area contributed by atoms with Crippen molar-refractivity contribution < 1.29 is 42.1 Å². The first-order valence-electron chi connectivity index (χ1n) is 34.9. The van der Waals surface area contributed by atoms with Crippen LogP contribution < -0.4 is 4.89 Å². The lowest BCUT2D eigenvalue weighted by Crippen LogP contribution is -2.37. The highest BCUT2D eigenvalue weighted by Crippen LogP contribution is 2.38. The van der Waals surface area contributed by atoms with Crippen molar-refractivity contribution in [1.29, 1.82) is 0 Å². The van der Waals surface area contributed by atoms with E-state index in [4.69, 9.17) is 18.5 Å². The normalized spacial score (nSPS) is 13.7. The summed E-state index contributed by atoms with van der Waals surface area (Å²) in [5.41, 5.74) is 0. The number of nitrogens with zero attached hydrogens (tertiary/aromatic N) is 1. The Hall–Kier alpha value is -3.07. The SMILES string of the molecule is CC/C=C\C/C=C\C/C=C\C/C=C\C/C=C\C/C=C\CCCCCCCCCCCCCCCCCCCCCCCCC(=O)OC(COC(=O)CCCCCCCCCCC/C=C\C/C=C\CCCCC)COP(=O)([O-])OCC[N+](C)(C)C. The highest BCUT2D eigenvalue weighted by atomic mass is 31.2. The van der Waals surface area contributed by atoms with Crippen molar-refractivity contribution in [2.75, 3.05) is 47.5 Å². The van der Waals surface area contributed by atoms with Gasteiger partial charge in [0.2, 0.25) is 0 Å². The summed E-state index contributed by atoms with van der Waals surface area (Å²) in [6, 6.07) is 0. The summed E-state index contributed by atoms with van der Waals surface area (Å²) in [7, 11) is 1.17. The van der Waals surface area contributed by atoms with Crippen LogP contribution in [0.3, 0.4) is 0 Å². The molecule has 0 saturated carbocycles. The third-order valence-electron chi connectivity index (χ3n) is 15.1. The molecule has 0 aromatic rings. The standard InChI is InChI=1S/C74H132NO8P/c1-6-8-10-12-14-16-18-20-22-24-26-27-28-29-30-31-32-33-34-35-36-37-38-39-40-41-42-43-44-45-46-47-49-51-53-55-57-59-61-63-65-67-74(77)83-72(71-82-84(78,79)81-69-68-75(3,4)5)70-80-73(76)66-64-62-60-58-56-54-52-50-48-25-23-21-19-17-15-13-11-9-7-2/h8,10,14-17,20-23,26-27,29-30,32-33,72H,6-7,9,11-13,18-19,24-25,28,31,34-71H2,1-5H3/b10-8-,16-14-,17-15-,22-20-,23-21-,27-26-,30-29-,33-32-. The van der Waals surface area contributed by atoms with Gasteiger partial charge in [0.15, 0.2) is 6.10 Å². The number of likely N-dealkylation sites (N-methyl/N-ethyl adjacent to an activating group) is 1. The Bertz CT molecular complexity index is 1740. The highest BCUT2D eigenvalue weighted by molar-refractivity contribution is 7.45. The lowest BCUT2D eigenvalue weighted by atomic mass is 10.0. The highest BCUT2D eigenvalue weighted by Gasteiger charge is 2.22. The Kier molecular flexibility index (Phi) is 62.1. The third-order valence-corrected chi connectivity index (χ3v) is 16.1. The molecule has 0 rings (SSSR count). The van der Waals surface area contributed by atoms with E-state index in [-0.39, 0.29) is 32.0 Å².